The average Bonchev–Trinajstić information content (AvgIpc) is 3.05. The molecule has 2 aromatic rings. The van der Waals surface area contributed by atoms with Gasteiger partial charge in [0.05, 0.1) is 10.7 Å². The highest BCUT2D eigenvalue weighted by Crippen LogP contribution is 2.47. The van der Waals surface area contributed by atoms with Crippen LogP contribution in [0.3, 0.4) is 0 Å². The zero-order valence-electron chi connectivity index (χ0n) is 22.0. The van der Waals surface area contributed by atoms with E-state index in [1.807, 2.05) is 65.8 Å². The predicted molar refractivity (Wildman–Crippen MR) is 146 cm³/mol. The maximum atomic E-state index is 13.1. The third-order valence-electron chi connectivity index (χ3n) is 4.76. The van der Waals surface area contributed by atoms with E-state index in [0.29, 0.717) is 34.8 Å². The van der Waals surface area contributed by atoms with E-state index in [9.17, 15) is 9.90 Å². The number of anilines is 1. The van der Waals surface area contributed by atoms with Crippen molar-refractivity contribution < 1.29 is 20.2 Å². The molecule has 194 valence electrons. The summed E-state index contributed by atoms with van der Waals surface area (Å²) >= 11 is 6.36. The predicted octanol–water partition coefficient (Wildman–Crippen LogP) is 5.76. The molecule has 1 unspecified atom stereocenters. The van der Waals surface area contributed by atoms with Gasteiger partial charge in [-0.15, -0.1) is 6.58 Å². The van der Waals surface area contributed by atoms with Crippen LogP contribution >= 0.6 is 11.6 Å². The Morgan fingerprint density at radius 2 is 1.63 bits per heavy atom. The summed E-state index contributed by atoms with van der Waals surface area (Å²) in [5.41, 5.74) is 3.05. The van der Waals surface area contributed by atoms with Gasteiger partial charge in [0, 0.05) is 24.8 Å². The number of hydrogen-bond donors (Lipinski definition) is 4. The molecule has 3 rings (SSSR count). The van der Waals surface area contributed by atoms with Crippen molar-refractivity contribution in [1.29, 1.82) is 0 Å². The molecule has 0 saturated heterocycles. The molecule has 1 atom stereocenters. The maximum Gasteiger partial charge on any atom is 0.268 e. The van der Waals surface area contributed by atoms with Crippen molar-refractivity contribution >= 4 is 23.2 Å². The van der Waals surface area contributed by atoms with Gasteiger partial charge in [-0.1, -0.05) is 71.8 Å². The Labute approximate surface area is 215 Å². The minimum absolute atomic E-state index is 0.153. The highest BCUT2D eigenvalue weighted by atomic mass is 35.5. The number of carbonyl (C=O) groups excluding carboxylic acids is 1. The maximum absolute atomic E-state index is 13.1. The first-order valence-corrected chi connectivity index (χ1v) is 11.8. The van der Waals surface area contributed by atoms with Crippen molar-refractivity contribution in [2.75, 3.05) is 18.6 Å². The molecule has 0 radical (unpaired) electrons. The second kappa shape index (κ2) is 15.5. The third kappa shape index (κ3) is 8.91. The summed E-state index contributed by atoms with van der Waals surface area (Å²) in [6.45, 7) is 15.3. The van der Waals surface area contributed by atoms with Gasteiger partial charge in [-0.3, -0.25) is 4.79 Å². The largest absolute Gasteiger partial charge is 0.400 e. The van der Waals surface area contributed by atoms with Crippen molar-refractivity contribution in [1.82, 2.24) is 5.48 Å². The van der Waals surface area contributed by atoms with Gasteiger partial charge in [-0.25, -0.2) is 5.48 Å². The lowest BCUT2D eigenvalue weighted by atomic mass is 9.87. The Hall–Kier alpha value is -2.48. The van der Waals surface area contributed by atoms with Gasteiger partial charge in [-0.2, -0.15) is 0 Å². The first-order valence-electron chi connectivity index (χ1n) is 11.4. The van der Waals surface area contributed by atoms with Crippen molar-refractivity contribution in [3.8, 4) is 0 Å². The van der Waals surface area contributed by atoms with Crippen molar-refractivity contribution in [2.45, 2.75) is 59.1 Å². The van der Waals surface area contributed by atoms with Crippen molar-refractivity contribution in [3.05, 3.63) is 89.0 Å². The van der Waals surface area contributed by atoms with Crippen LogP contribution in [0.15, 0.2) is 67.3 Å². The second-order valence-electron chi connectivity index (χ2n) is 8.80. The Kier molecular flexibility index (Phi) is 14.4. The number of benzene rings is 2. The third-order valence-corrected chi connectivity index (χ3v) is 5.07. The summed E-state index contributed by atoms with van der Waals surface area (Å²) in [6, 6.07) is 12.7. The summed E-state index contributed by atoms with van der Waals surface area (Å²) in [5, 5.41) is 27.0. The Balaban J connectivity index is 0.000000894. The number of carbonyl (C=O) groups is 1. The van der Waals surface area contributed by atoms with Gasteiger partial charge >= 0.3 is 0 Å². The lowest BCUT2D eigenvalue weighted by molar-refractivity contribution is -0.132. The molecule has 35 heavy (non-hydrogen) atoms. The number of hydroxylamine groups is 1. The quantitative estimate of drug-likeness (QED) is 0.313. The van der Waals surface area contributed by atoms with E-state index >= 15 is 0 Å². The Bertz CT molecular complexity index is 952. The second-order valence-corrected chi connectivity index (χ2v) is 9.20. The fourth-order valence-electron chi connectivity index (χ4n) is 3.15. The minimum Gasteiger partial charge on any atom is -0.400 e. The molecule has 0 aliphatic carbocycles. The SMILES string of the molecule is C/C=C\CCN1C(=O)C(O)(c2ccc(C)cc2)c2cccc(Cl)c21.C=CC.CC(C)(C)NO.CO. The highest BCUT2D eigenvalue weighted by molar-refractivity contribution is 6.35. The van der Waals surface area contributed by atoms with Crippen LogP contribution in [-0.4, -0.2) is 40.5 Å². The number of aliphatic hydroxyl groups excluding tert-OH is 1. The molecule has 4 N–H and O–H groups in total. The number of hydrogen-bond acceptors (Lipinski definition) is 5. The standard InChI is InChI=1S/C20H20ClNO2.C4H11NO.C3H6.CH4O/c1-3-4-5-13-22-18-16(7-6-8-17(18)21)20(24,19(22)23)15-11-9-14(2)10-12-15;1-4(2,3)5-6;1-3-2;1-2/h3-4,6-12,24H,5,13H2,1-2H3;5-6H,1-3H3;3H,1H2,2H3;2H,1H3/b4-3-;;;. The van der Waals surface area contributed by atoms with Gasteiger partial charge in [0.2, 0.25) is 0 Å². The molecule has 6 nitrogen and oxygen atoms in total. The van der Waals surface area contributed by atoms with Crippen LogP contribution in [0.25, 0.3) is 0 Å². The number of rotatable bonds is 4. The molecule has 2 aromatic carbocycles. The van der Waals surface area contributed by atoms with Crippen LogP contribution < -0.4 is 10.4 Å². The van der Waals surface area contributed by atoms with Gasteiger partial charge in [0.25, 0.3) is 5.91 Å². The van der Waals surface area contributed by atoms with E-state index in [1.54, 1.807) is 41.3 Å². The molecule has 0 fully saturated rings. The first-order chi connectivity index (χ1) is 16.5. The summed E-state index contributed by atoms with van der Waals surface area (Å²) in [5.74, 6) is -0.348. The summed E-state index contributed by atoms with van der Waals surface area (Å²) in [6.07, 6.45) is 6.39. The Morgan fingerprint density at radius 1 is 1.11 bits per heavy atom. The number of allylic oxidation sites excluding steroid dienone is 2. The van der Waals surface area contributed by atoms with Gasteiger partial charge in [-0.05, 0) is 59.6 Å². The number of amides is 1. The molecular formula is C28H41ClN2O4. The normalized spacial score (nSPS) is 16.3. The summed E-state index contributed by atoms with van der Waals surface area (Å²) < 4.78 is 0. The number of nitrogens with zero attached hydrogens (tertiary/aromatic N) is 1. The lowest BCUT2D eigenvalue weighted by Crippen LogP contribution is -2.41. The van der Waals surface area contributed by atoms with Crippen LogP contribution in [0.1, 0.15) is 57.7 Å². The number of aryl methyl sites for hydroxylation is 1. The minimum atomic E-state index is -1.69. The summed E-state index contributed by atoms with van der Waals surface area (Å²) in [7, 11) is 1.00. The molecule has 0 bridgehead atoms. The van der Waals surface area contributed by atoms with Crippen LogP contribution in [0.5, 0.6) is 0 Å². The van der Waals surface area contributed by atoms with Crippen molar-refractivity contribution in [3.63, 3.8) is 0 Å². The van der Waals surface area contributed by atoms with E-state index in [2.05, 4.69) is 12.1 Å². The van der Waals surface area contributed by atoms with Crippen LogP contribution in [0.4, 0.5) is 5.69 Å². The lowest BCUT2D eigenvalue weighted by Gasteiger charge is -2.23. The van der Waals surface area contributed by atoms with Crippen molar-refractivity contribution in [2.24, 2.45) is 0 Å². The Morgan fingerprint density at radius 3 is 2.09 bits per heavy atom. The highest BCUT2D eigenvalue weighted by Gasteiger charge is 2.51. The number of fused-ring (bicyclic) bond motifs is 1. The number of nitrogens with one attached hydrogen (secondary N) is 1. The van der Waals surface area contributed by atoms with E-state index in [-0.39, 0.29) is 11.4 Å². The molecule has 1 aliphatic heterocycles. The molecule has 0 spiro atoms. The van der Waals surface area contributed by atoms with E-state index in [1.165, 1.54) is 0 Å². The zero-order chi connectivity index (χ0) is 27.2. The van der Waals surface area contributed by atoms with Crippen LogP contribution in [0.2, 0.25) is 5.02 Å². The number of halogens is 1. The zero-order valence-corrected chi connectivity index (χ0v) is 22.7. The van der Waals surface area contributed by atoms with E-state index in [0.717, 1.165) is 12.7 Å². The van der Waals surface area contributed by atoms with E-state index < -0.39 is 5.60 Å². The molecule has 1 aliphatic rings. The molecule has 0 aromatic heterocycles. The van der Waals surface area contributed by atoms with Crippen LogP contribution in [0, 0.1) is 6.92 Å². The summed E-state index contributed by atoms with van der Waals surface area (Å²) in [4.78, 5) is 14.7. The number of para-hydroxylation sites is 1. The first kappa shape index (κ1) is 32.5. The van der Waals surface area contributed by atoms with Crippen LogP contribution in [-0.2, 0) is 10.4 Å². The van der Waals surface area contributed by atoms with E-state index in [4.69, 9.17) is 21.9 Å². The fraction of sp³-hybridized carbons (Fsp3) is 0.393. The molecule has 0 saturated carbocycles. The smallest absolute Gasteiger partial charge is 0.268 e. The monoisotopic (exact) mass is 504 g/mol. The molecule has 1 amide bonds. The van der Waals surface area contributed by atoms with Gasteiger partial charge in [0.15, 0.2) is 5.60 Å². The van der Waals surface area contributed by atoms with Gasteiger partial charge in [0.1, 0.15) is 0 Å². The number of aliphatic hydroxyl groups is 2. The molecule has 7 heteroatoms. The topological polar surface area (TPSA) is 93.0 Å². The molecular weight excluding hydrogens is 464 g/mol. The average molecular weight is 505 g/mol. The van der Waals surface area contributed by atoms with Gasteiger partial charge < -0.3 is 20.3 Å². The molecule has 1 heterocycles. The fourth-order valence-corrected chi connectivity index (χ4v) is 3.43.